The van der Waals surface area contributed by atoms with Gasteiger partial charge >= 0.3 is 11.9 Å². The molecule has 0 aromatic heterocycles. The van der Waals surface area contributed by atoms with Crippen molar-refractivity contribution in [2.24, 2.45) is 11.3 Å². The quantitative estimate of drug-likeness (QED) is 0.219. The van der Waals surface area contributed by atoms with Gasteiger partial charge in [0.15, 0.2) is 5.41 Å². The first-order valence-corrected chi connectivity index (χ1v) is 17.1. The van der Waals surface area contributed by atoms with Gasteiger partial charge in [-0.1, -0.05) is 46.6 Å². The number of aromatic hydroxyl groups is 1. The molecule has 0 amide bonds. The number of phenolic OH excluding ortho intramolecular Hbond substituents is 1. The summed E-state index contributed by atoms with van der Waals surface area (Å²) in [5.41, 5.74) is -1.18. The van der Waals surface area contributed by atoms with Crippen molar-refractivity contribution >= 4 is 11.9 Å². The SMILES string of the molecule is CCCCC(C(=O)OCc1ccc(O)c(C(C)(C)C)c1)(C(=O)OC1CCC(C)(C)N(C)C1(C)C)C1CCC(C)(C)N(C)C1(C)C. The minimum Gasteiger partial charge on any atom is -0.508 e. The molecule has 3 unspecified atom stereocenters. The molecule has 1 aromatic carbocycles. The minimum atomic E-state index is -1.46. The Morgan fingerprint density at radius 1 is 0.889 bits per heavy atom. The van der Waals surface area contributed by atoms with E-state index in [4.69, 9.17) is 9.47 Å². The number of carbonyl (C=O) groups is 2. The normalized spacial score (nSPS) is 26.1. The summed E-state index contributed by atoms with van der Waals surface area (Å²) in [6.45, 7) is 25.7. The number of esters is 2. The number of rotatable bonds is 9. The smallest absolute Gasteiger partial charge is 0.324 e. The highest BCUT2D eigenvalue weighted by Crippen LogP contribution is 2.53. The Balaban J connectivity index is 2.10. The summed E-state index contributed by atoms with van der Waals surface area (Å²) >= 11 is 0. The first kappa shape index (κ1) is 37.3. The zero-order valence-electron chi connectivity index (χ0n) is 31.0. The summed E-state index contributed by atoms with van der Waals surface area (Å²) in [5, 5.41) is 10.5. The second-order valence-corrected chi connectivity index (χ2v) is 17.3. The summed E-state index contributed by atoms with van der Waals surface area (Å²) in [4.78, 5) is 34.3. The highest BCUT2D eigenvalue weighted by molar-refractivity contribution is 6.01. The van der Waals surface area contributed by atoms with Crippen LogP contribution in [0, 0.1) is 11.3 Å². The third kappa shape index (κ3) is 7.10. The van der Waals surface area contributed by atoms with Gasteiger partial charge in [0.25, 0.3) is 0 Å². The van der Waals surface area contributed by atoms with E-state index in [0.717, 1.165) is 36.8 Å². The van der Waals surface area contributed by atoms with Crippen molar-refractivity contribution in [3.8, 4) is 5.75 Å². The van der Waals surface area contributed by atoms with Gasteiger partial charge in [0.05, 0.1) is 5.54 Å². The maximum absolute atomic E-state index is 14.9. The molecule has 0 saturated carbocycles. The van der Waals surface area contributed by atoms with Crippen LogP contribution in [0.1, 0.15) is 139 Å². The number of phenols is 1. The fraction of sp³-hybridized carbons (Fsp3) is 0.789. The van der Waals surface area contributed by atoms with E-state index in [-0.39, 0.29) is 40.9 Å². The van der Waals surface area contributed by atoms with Gasteiger partial charge in [-0.25, -0.2) is 0 Å². The molecule has 2 aliphatic rings. The molecule has 45 heavy (non-hydrogen) atoms. The van der Waals surface area contributed by atoms with Crippen molar-refractivity contribution in [3.05, 3.63) is 29.3 Å². The Kier molecular flexibility index (Phi) is 10.6. The molecule has 3 rings (SSSR count). The summed E-state index contributed by atoms with van der Waals surface area (Å²) in [6.07, 6.45) is 4.76. The van der Waals surface area contributed by atoms with Gasteiger partial charge < -0.3 is 14.6 Å². The van der Waals surface area contributed by atoms with Crippen LogP contribution in [0.15, 0.2) is 18.2 Å². The van der Waals surface area contributed by atoms with Gasteiger partial charge in [-0.2, -0.15) is 0 Å². The summed E-state index contributed by atoms with van der Waals surface area (Å²) in [5.74, 6) is -1.03. The van der Waals surface area contributed by atoms with E-state index in [2.05, 4.69) is 86.2 Å². The molecule has 0 spiro atoms. The van der Waals surface area contributed by atoms with Gasteiger partial charge in [-0.3, -0.25) is 19.4 Å². The van der Waals surface area contributed by atoms with E-state index in [1.807, 2.05) is 26.8 Å². The number of hydrogen-bond acceptors (Lipinski definition) is 7. The van der Waals surface area contributed by atoms with E-state index < -0.39 is 28.4 Å². The Bertz CT molecular complexity index is 1230. The zero-order valence-corrected chi connectivity index (χ0v) is 31.0. The lowest BCUT2D eigenvalue weighted by molar-refractivity contribution is -0.202. The molecule has 2 aliphatic heterocycles. The Morgan fingerprint density at radius 2 is 1.44 bits per heavy atom. The monoisotopic (exact) mass is 628 g/mol. The number of likely N-dealkylation sites (tertiary alicyclic amines) is 2. The molecule has 7 heteroatoms. The molecule has 0 bridgehead atoms. The maximum atomic E-state index is 14.9. The maximum Gasteiger partial charge on any atom is 0.324 e. The molecule has 3 atom stereocenters. The van der Waals surface area contributed by atoms with Crippen molar-refractivity contribution in [3.63, 3.8) is 0 Å². The van der Waals surface area contributed by atoms with Crippen molar-refractivity contribution in [1.29, 1.82) is 0 Å². The van der Waals surface area contributed by atoms with Crippen LogP contribution < -0.4 is 0 Å². The largest absolute Gasteiger partial charge is 0.508 e. The number of piperidine rings is 2. The molecule has 2 fully saturated rings. The van der Waals surface area contributed by atoms with Crippen molar-refractivity contribution in [2.75, 3.05) is 14.1 Å². The van der Waals surface area contributed by atoms with Crippen LogP contribution in [0.2, 0.25) is 0 Å². The lowest BCUT2D eigenvalue weighted by atomic mass is 9.58. The van der Waals surface area contributed by atoms with E-state index in [0.29, 0.717) is 19.3 Å². The van der Waals surface area contributed by atoms with Crippen LogP contribution in [-0.2, 0) is 31.1 Å². The first-order valence-electron chi connectivity index (χ1n) is 17.1. The molecule has 1 N–H and O–H groups in total. The molecule has 2 heterocycles. The van der Waals surface area contributed by atoms with Gasteiger partial charge in [-0.15, -0.1) is 0 Å². The van der Waals surface area contributed by atoms with Crippen molar-refractivity contribution < 1.29 is 24.2 Å². The highest BCUT2D eigenvalue weighted by Gasteiger charge is 2.63. The number of carbonyl (C=O) groups excluding carboxylic acids is 2. The number of nitrogens with zero attached hydrogens (tertiary/aromatic N) is 2. The minimum absolute atomic E-state index is 0.0175. The summed E-state index contributed by atoms with van der Waals surface area (Å²) < 4.78 is 12.8. The Labute approximate surface area is 274 Å². The molecule has 0 aliphatic carbocycles. The second-order valence-electron chi connectivity index (χ2n) is 17.3. The van der Waals surface area contributed by atoms with Gasteiger partial charge in [0, 0.05) is 22.5 Å². The van der Waals surface area contributed by atoms with E-state index in [9.17, 15) is 14.7 Å². The molecule has 7 nitrogen and oxygen atoms in total. The predicted molar refractivity (Wildman–Crippen MR) is 182 cm³/mol. The average Bonchev–Trinajstić information content (AvgIpc) is 2.92. The summed E-state index contributed by atoms with van der Waals surface area (Å²) in [6, 6.07) is 5.34. The van der Waals surface area contributed by atoms with Crippen LogP contribution in [0.4, 0.5) is 0 Å². The van der Waals surface area contributed by atoms with Crippen LogP contribution in [-0.4, -0.2) is 69.2 Å². The van der Waals surface area contributed by atoms with Crippen molar-refractivity contribution in [2.45, 2.75) is 168 Å². The lowest BCUT2D eigenvalue weighted by Gasteiger charge is -2.59. The van der Waals surface area contributed by atoms with Gasteiger partial charge in [-0.05, 0) is 130 Å². The number of unbranched alkanes of at least 4 members (excludes halogenated alkanes) is 1. The van der Waals surface area contributed by atoms with E-state index in [1.165, 1.54) is 0 Å². The lowest BCUT2D eigenvalue weighted by Crippen LogP contribution is -2.68. The number of hydrogen-bond donors (Lipinski definition) is 1. The molecule has 256 valence electrons. The first-order chi connectivity index (χ1) is 20.5. The molecule has 0 radical (unpaired) electrons. The van der Waals surface area contributed by atoms with Crippen LogP contribution in [0.5, 0.6) is 5.75 Å². The van der Waals surface area contributed by atoms with E-state index >= 15 is 0 Å². The average molecular weight is 629 g/mol. The molecular weight excluding hydrogens is 564 g/mol. The third-order valence-corrected chi connectivity index (χ3v) is 12.0. The predicted octanol–water partition coefficient (Wildman–Crippen LogP) is 8.00. The van der Waals surface area contributed by atoms with Gasteiger partial charge in [0.1, 0.15) is 18.5 Å². The topological polar surface area (TPSA) is 79.3 Å². The van der Waals surface area contributed by atoms with Crippen LogP contribution in [0.25, 0.3) is 0 Å². The number of benzene rings is 1. The highest BCUT2D eigenvalue weighted by atomic mass is 16.6. The number of likely N-dealkylation sites (N-methyl/N-ethyl adjacent to an activating group) is 1. The van der Waals surface area contributed by atoms with E-state index in [1.54, 1.807) is 12.1 Å². The standard InChI is InChI=1S/C38H64N2O5/c1-15-16-21-38(29-19-22-34(5,6)39(13)36(29,9)10,32(43)45-30-20-23-35(7,8)40(14)37(30,11)12)31(42)44-25-26-17-18-28(41)27(24-26)33(2,3)4/h17-18,24,29-30,41H,15-16,19-23,25H2,1-14H3. The van der Waals surface area contributed by atoms with Crippen molar-refractivity contribution in [1.82, 2.24) is 9.80 Å². The molecular formula is C38H64N2O5. The number of ether oxygens (including phenoxy) is 2. The summed E-state index contributed by atoms with van der Waals surface area (Å²) in [7, 11) is 4.21. The fourth-order valence-electron chi connectivity index (χ4n) is 8.07. The molecule has 1 aromatic rings. The van der Waals surface area contributed by atoms with Gasteiger partial charge in [0.2, 0.25) is 0 Å². The Hall–Kier alpha value is -2.12. The molecule has 2 saturated heterocycles. The second kappa shape index (κ2) is 12.8. The zero-order chi connectivity index (χ0) is 34.4. The van der Waals surface area contributed by atoms with Crippen LogP contribution in [0.3, 0.4) is 0 Å². The Morgan fingerprint density at radius 3 is 2.00 bits per heavy atom. The third-order valence-electron chi connectivity index (χ3n) is 12.0. The van der Waals surface area contributed by atoms with Crippen LogP contribution >= 0.6 is 0 Å². The fourth-order valence-corrected chi connectivity index (χ4v) is 8.07.